The van der Waals surface area contributed by atoms with Crippen molar-refractivity contribution in [3.8, 4) is 11.8 Å². The number of aromatic nitrogens is 1. The largest absolute Gasteiger partial charge is 0.573 e. The highest BCUT2D eigenvalue weighted by Gasteiger charge is 2.30. The summed E-state index contributed by atoms with van der Waals surface area (Å²) >= 11 is 0. The molecule has 1 aromatic heterocycles. The summed E-state index contributed by atoms with van der Waals surface area (Å²) in [6.07, 6.45) is -4.06. The van der Waals surface area contributed by atoms with E-state index in [1.165, 1.54) is 12.1 Å². The fourth-order valence-corrected chi connectivity index (χ4v) is 2.49. The van der Waals surface area contributed by atoms with Crippen LogP contribution in [0.2, 0.25) is 0 Å². The van der Waals surface area contributed by atoms with Crippen molar-refractivity contribution >= 4 is 16.7 Å². The Morgan fingerprint density at radius 3 is 2.50 bits per heavy atom. The molecule has 0 fully saturated rings. The van der Waals surface area contributed by atoms with E-state index in [2.05, 4.69) is 21.1 Å². The van der Waals surface area contributed by atoms with Crippen LogP contribution in [0.4, 0.5) is 19.0 Å². The SMILES string of the molecule is N#Cc1ccc2nc(NCCc3ccc(OC(F)(F)F)cc3)ccc2c1. The van der Waals surface area contributed by atoms with Crippen LogP contribution >= 0.6 is 0 Å². The third kappa shape index (κ3) is 4.63. The number of fused-ring (bicyclic) bond motifs is 1. The predicted molar refractivity (Wildman–Crippen MR) is 91.8 cm³/mol. The van der Waals surface area contributed by atoms with Gasteiger partial charge in [-0.2, -0.15) is 5.26 Å². The predicted octanol–water partition coefficient (Wildman–Crippen LogP) is 4.66. The van der Waals surface area contributed by atoms with Crippen LogP contribution in [0.15, 0.2) is 54.6 Å². The van der Waals surface area contributed by atoms with Gasteiger partial charge < -0.3 is 10.1 Å². The molecule has 1 N–H and O–H groups in total. The Bertz CT molecular complexity index is 947. The number of nitriles is 1. The Kier molecular flexibility index (Phi) is 4.94. The van der Waals surface area contributed by atoms with Crippen LogP contribution < -0.4 is 10.1 Å². The first-order valence-corrected chi connectivity index (χ1v) is 7.82. The third-order valence-corrected chi connectivity index (χ3v) is 3.70. The minimum atomic E-state index is -4.68. The monoisotopic (exact) mass is 357 g/mol. The first-order valence-electron chi connectivity index (χ1n) is 7.82. The second-order valence-electron chi connectivity index (χ2n) is 5.58. The van der Waals surface area contributed by atoms with Gasteiger partial charge in [0.15, 0.2) is 0 Å². The standard InChI is InChI=1S/C19H14F3N3O/c20-19(21,22)26-16-5-1-13(2-6-16)9-10-24-18-8-4-15-11-14(12-23)3-7-17(15)25-18/h1-8,11H,9-10H2,(H,24,25). The van der Waals surface area contributed by atoms with Gasteiger partial charge in [-0.15, -0.1) is 13.2 Å². The molecule has 0 aliphatic heterocycles. The summed E-state index contributed by atoms with van der Waals surface area (Å²) in [7, 11) is 0. The molecule has 26 heavy (non-hydrogen) atoms. The molecule has 0 amide bonds. The van der Waals surface area contributed by atoms with Crippen LogP contribution in [-0.2, 0) is 6.42 Å². The number of hydrogen-bond acceptors (Lipinski definition) is 4. The van der Waals surface area contributed by atoms with Crippen LogP contribution in [0, 0.1) is 11.3 Å². The number of ether oxygens (including phenoxy) is 1. The van der Waals surface area contributed by atoms with E-state index in [-0.39, 0.29) is 5.75 Å². The van der Waals surface area contributed by atoms with E-state index >= 15 is 0 Å². The van der Waals surface area contributed by atoms with Gasteiger partial charge in [-0.1, -0.05) is 12.1 Å². The van der Waals surface area contributed by atoms with E-state index in [1.54, 1.807) is 30.3 Å². The molecular weight excluding hydrogens is 343 g/mol. The Morgan fingerprint density at radius 2 is 1.81 bits per heavy atom. The lowest BCUT2D eigenvalue weighted by molar-refractivity contribution is -0.274. The van der Waals surface area contributed by atoms with Crippen molar-refractivity contribution in [2.45, 2.75) is 12.8 Å². The Morgan fingerprint density at radius 1 is 1.04 bits per heavy atom. The number of halogens is 3. The number of pyridine rings is 1. The summed E-state index contributed by atoms with van der Waals surface area (Å²) < 4.78 is 40.2. The van der Waals surface area contributed by atoms with Crippen LogP contribution in [-0.4, -0.2) is 17.9 Å². The topological polar surface area (TPSA) is 57.9 Å². The van der Waals surface area contributed by atoms with Gasteiger partial charge in [0.2, 0.25) is 0 Å². The normalized spacial score (nSPS) is 11.2. The summed E-state index contributed by atoms with van der Waals surface area (Å²) in [5, 5.41) is 13.0. The summed E-state index contributed by atoms with van der Waals surface area (Å²) in [4.78, 5) is 4.47. The van der Waals surface area contributed by atoms with Crippen LogP contribution in [0.1, 0.15) is 11.1 Å². The maximum atomic E-state index is 12.1. The first kappa shape index (κ1) is 17.5. The number of benzene rings is 2. The first-order chi connectivity index (χ1) is 12.4. The molecule has 0 saturated carbocycles. The Hall–Kier alpha value is -3.27. The lowest BCUT2D eigenvalue weighted by atomic mass is 10.1. The van der Waals surface area contributed by atoms with Gasteiger partial charge in [0.1, 0.15) is 11.6 Å². The van der Waals surface area contributed by atoms with Crippen molar-refractivity contribution in [1.29, 1.82) is 5.26 Å². The maximum Gasteiger partial charge on any atom is 0.573 e. The Balaban J connectivity index is 1.58. The molecule has 3 aromatic rings. The van der Waals surface area contributed by atoms with Crippen molar-refractivity contribution in [3.05, 3.63) is 65.7 Å². The number of anilines is 1. The summed E-state index contributed by atoms with van der Waals surface area (Å²) in [6, 6.07) is 16.9. The molecule has 0 saturated heterocycles. The summed E-state index contributed by atoms with van der Waals surface area (Å²) in [5.41, 5.74) is 2.24. The zero-order valence-electron chi connectivity index (χ0n) is 13.5. The third-order valence-electron chi connectivity index (χ3n) is 3.70. The molecule has 0 radical (unpaired) electrons. The molecule has 0 atom stereocenters. The molecule has 2 aromatic carbocycles. The lowest BCUT2D eigenvalue weighted by Crippen LogP contribution is -2.17. The van der Waals surface area contributed by atoms with E-state index in [1.807, 2.05) is 12.1 Å². The van der Waals surface area contributed by atoms with Crippen LogP contribution in [0.5, 0.6) is 5.75 Å². The molecule has 0 bridgehead atoms. The summed E-state index contributed by atoms with van der Waals surface area (Å²) in [5.74, 6) is 0.460. The van der Waals surface area contributed by atoms with Crippen molar-refractivity contribution in [2.75, 3.05) is 11.9 Å². The second kappa shape index (κ2) is 7.31. The Labute approximate surface area is 147 Å². The smallest absolute Gasteiger partial charge is 0.406 e. The summed E-state index contributed by atoms with van der Waals surface area (Å²) in [6.45, 7) is 0.578. The molecule has 1 heterocycles. The number of alkyl halides is 3. The number of rotatable bonds is 5. The zero-order chi connectivity index (χ0) is 18.6. The van der Waals surface area contributed by atoms with Crippen LogP contribution in [0.25, 0.3) is 10.9 Å². The molecule has 0 spiro atoms. The van der Waals surface area contributed by atoms with Gasteiger partial charge in [0.25, 0.3) is 0 Å². The lowest BCUT2D eigenvalue weighted by Gasteiger charge is -2.10. The highest BCUT2D eigenvalue weighted by Crippen LogP contribution is 2.23. The molecule has 0 aliphatic carbocycles. The van der Waals surface area contributed by atoms with E-state index in [0.29, 0.717) is 24.3 Å². The maximum absolute atomic E-state index is 12.1. The van der Waals surface area contributed by atoms with Crippen LogP contribution in [0.3, 0.4) is 0 Å². The van der Waals surface area contributed by atoms with Gasteiger partial charge in [-0.3, -0.25) is 0 Å². The molecule has 0 aliphatic rings. The second-order valence-corrected chi connectivity index (χ2v) is 5.58. The van der Waals surface area contributed by atoms with Gasteiger partial charge in [-0.25, -0.2) is 4.98 Å². The van der Waals surface area contributed by atoms with Crippen molar-refractivity contribution in [1.82, 2.24) is 4.98 Å². The van der Waals surface area contributed by atoms with E-state index in [0.717, 1.165) is 16.5 Å². The van der Waals surface area contributed by atoms with Crippen molar-refractivity contribution in [3.63, 3.8) is 0 Å². The fraction of sp³-hybridized carbons (Fsp3) is 0.158. The highest BCUT2D eigenvalue weighted by molar-refractivity contribution is 5.81. The molecule has 3 rings (SSSR count). The molecule has 132 valence electrons. The minimum absolute atomic E-state index is 0.234. The number of nitrogens with one attached hydrogen (secondary N) is 1. The number of hydrogen-bond donors (Lipinski definition) is 1. The van der Waals surface area contributed by atoms with E-state index in [9.17, 15) is 13.2 Å². The van der Waals surface area contributed by atoms with Crippen molar-refractivity contribution in [2.24, 2.45) is 0 Å². The zero-order valence-corrected chi connectivity index (χ0v) is 13.5. The van der Waals surface area contributed by atoms with E-state index < -0.39 is 6.36 Å². The molecule has 0 unspecified atom stereocenters. The van der Waals surface area contributed by atoms with Crippen molar-refractivity contribution < 1.29 is 17.9 Å². The van der Waals surface area contributed by atoms with E-state index in [4.69, 9.17) is 5.26 Å². The average molecular weight is 357 g/mol. The quantitative estimate of drug-likeness (QED) is 0.722. The molecular formula is C19H14F3N3O. The average Bonchev–Trinajstić information content (AvgIpc) is 2.61. The number of nitrogens with zero attached hydrogens (tertiary/aromatic N) is 2. The minimum Gasteiger partial charge on any atom is -0.406 e. The molecule has 4 nitrogen and oxygen atoms in total. The van der Waals surface area contributed by atoms with Gasteiger partial charge in [0, 0.05) is 11.9 Å². The molecule has 7 heteroatoms. The van der Waals surface area contributed by atoms with Gasteiger partial charge in [0.05, 0.1) is 17.1 Å². The van der Waals surface area contributed by atoms with Gasteiger partial charge >= 0.3 is 6.36 Å². The highest BCUT2D eigenvalue weighted by atomic mass is 19.4. The van der Waals surface area contributed by atoms with Gasteiger partial charge in [-0.05, 0) is 54.4 Å². The fourth-order valence-electron chi connectivity index (χ4n) is 2.49.